The molecule has 0 aromatic heterocycles. The minimum absolute atomic E-state index is 0.157. The first-order valence-electron chi connectivity index (χ1n) is 6.39. The maximum absolute atomic E-state index is 12.7. The quantitative estimate of drug-likeness (QED) is 0.491. The number of hydrogen-bond acceptors (Lipinski definition) is 5. The molecule has 0 amide bonds. The molecule has 0 radical (unpaired) electrons. The van der Waals surface area contributed by atoms with Crippen molar-refractivity contribution < 1.29 is 24.1 Å². The van der Waals surface area contributed by atoms with Crippen LogP contribution in [-0.2, 0) is 12.6 Å². The third-order valence-electron chi connectivity index (χ3n) is 2.73. The molecular formula is C15H8F3IN2O3S. The van der Waals surface area contributed by atoms with E-state index < -0.39 is 35.9 Å². The summed E-state index contributed by atoms with van der Waals surface area (Å²) in [5.74, 6) is 0. The summed E-state index contributed by atoms with van der Waals surface area (Å²) in [5.41, 5.74) is -5.25. The summed E-state index contributed by atoms with van der Waals surface area (Å²) in [6.07, 6.45) is 0. The van der Waals surface area contributed by atoms with Crippen LogP contribution >= 0.6 is 20.2 Å². The van der Waals surface area contributed by atoms with Crippen LogP contribution in [0.5, 0.6) is 0 Å². The molecule has 0 spiro atoms. The first kappa shape index (κ1) is 19.2. The van der Waals surface area contributed by atoms with Crippen molar-refractivity contribution in [3.63, 3.8) is 0 Å². The molecule has 2 aromatic carbocycles. The van der Waals surface area contributed by atoms with Crippen LogP contribution in [0, 0.1) is 29.8 Å². The van der Waals surface area contributed by atoms with Gasteiger partial charge in [-0.05, 0) is 0 Å². The number of hydrogen-bond donors (Lipinski definition) is 0. The summed E-state index contributed by atoms with van der Waals surface area (Å²) in [6.45, 7) is 0. The molecule has 0 saturated carbocycles. The Hall–Kier alpha value is -2.15. The molecule has 130 valence electrons. The Bertz CT molecular complexity index is 921. The van der Waals surface area contributed by atoms with Gasteiger partial charge in [-0.1, -0.05) is 0 Å². The van der Waals surface area contributed by atoms with Gasteiger partial charge < -0.3 is 0 Å². The van der Waals surface area contributed by atoms with Crippen LogP contribution in [0.1, 0.15) is 11.1 Å². The van der Waals surface area contributed by atoms with Gasteiger partial charge in [0, 0.05) is 0 Å². The molecule has 10 heteroatoms. The Kier molecular flexibility index (Phi) is 5.67. The average molecular weight is 480 g/mol. The van der Waals surface area contributed by atoms with Crippen LogP contribution in [0.3, 0.4) is 0 Å². The summed E-state index contributed by atoms with van der Waals surface area (Å²) < 4.78 is 66.1. The van der Waals surface area contributed by atoms with Gasteiger partial charge in [-0.3, -0.25) is 0 Å². The van der Waals surface area contributed by atoms with Gasteiger partial charge in [0.05, 0.1) is 0 Å². The second-order valence-corrected chi connectivity index (χ2v) is 10.9. The van der Waals surface area contributed by atoms with Gasteiger partial charge >= 0.3 is 149 Å². The molecule has 0 aliphatic rings. The molecule has 2 rings (SSSR count). The summed E-state index contributed by atoms with van der Waals surface area (Å²) in [6, 6.07) is 14.8. The van der Waals surface area contributed by atoms with Crippen molar-refractivity contribution in [1.29, 1.82) is 10.5 Å². The molecule has 0 N–H and O–H groups in total. The second kappa shape index (κ2) is 7.39. The Labute approximate surface area is 149 Å². The SMILES string of the molecule is N#Cc1cccc(I(OS(=O)(=O)C(F)(F)F)c2cccc(C#N)c2)c1. The first-order valence-corrected chi connectivity index (χ1v) is 10.8. The minimum atomic E-state index is -5.83. The number of nitriles is 2. The van der Waals surface area contributed by atoms with Gasteiger partial charge in [-0.15, -0.1) is 0 Å². The fraction of sp³-hybridized carbons (Fsp3) is 0.0667. The normalized spacial score (nSPS) is 12.1. The van der Waals surface area contributed by atoms with Crippen LogP contribution in [0.2, 0.25) is 0 Å². The molecule has 0 fully saturated rings. The molecule has 0 bridgehead atoms. The van der Waals surface area contributed by atoms with E-state index in [-0.39, 0.29) is 18.3 Å². The van der Waals surface area contributed by atoms with E-state index in [2.05, 4.69) is 2.51 Å². The van der Waals surface area contributed by atoms with Crippen LogP contribution < -0.4 is 0 Å². The Balaban J connectivity index is 2.59. The van der Waals surface area contributed by atoms with Gasteiger partial charge in [0.15, 0.2) is 0 Å². The predicted molar refractivity (Wildman–Crippen MR) is 89.8 cm³/mol. The van der Waals surface area contributed by atoms with Crippen molar-refractivity contribution >= 4 is 30.4 Å². The summed E-state index contributed by atoms with van der Waals surface area (Å²) in [4.78, 5) is 0. The monoisotopic (exact) mass is 480 g/mol. The summed E-state index contributed by atoms with van der Waals surface area (Å²) in [7, 11) is -5.83. The molecule has 0 aliphatic carbocycles. The zero-order chi connectivity index (χ0) is 18.7. The van der Waals surface area contributed by atoms with Crippen LogP contribution in [0.4, 0.5) is 13.2 Å². The Morgan fingerprint density at radius 3 is 1.72 bits per heavy atom. The van der Waals surface area contributed by atoms with E-state index in [4.69, 9.17) is 10.5 Å². The Morgan fingerprint density at radius 1 is 0.920 bits per heavy atom. The number of nitrogens with zero attached hydrogens (tertiary/aromatic N) is 2. The molecule has 25 heavy (non-hydrogen) atoms. The van der Waals surface area contributed by atoms with Gasteiger partial charge in [0.1, 0.15) is 0 Å². The molecule has 0 aliphatic heterocycles. The van der Waals surface area contributed by atoms with Crippen molar-refractivity contribution in [2.45, 2.75) is 5.51 Å². The fourth-order valence-electron chi connectivity index (χ4n) is 1.65. The third-order valence-corrected chi connectivity index (χ3v) is 9.70. The van der Waals surface area contributed by atoms with Crippen molar-refractivity contribution in [2.75, 3.05) is 0 Å². The predicted octanol–water partition coefficient (Wildman–Crippen LogP) is 3.76. The van der Waals surface area contributed by atoms with Gasteiger partial charge in [0.25, 0.3) is 0 Å². The topological polar surface area (TPSA) is 90.9 Å². The van der Waals surface area contributed by atoms with E-state index in [0.29, 0.717) is 0 Å². The number of benzene rings is 2. The van der Waals surface area contributed by atoms with E-state index in [0.717, 1.165) is 0 Å². The summed E-state index contributed by atoms with van der Waals surface area (Å²) >= 11 is -3.59. The van der Waals surface area contributed by atoms with E-state index in [1.807, 2.05) is 12.1 Å². The zero-order valence-electron chi connectivity index (χ0n) is 12.2. The van der Waals surface area contributed by atoms with Crippen LogP contribution in [0.25, 0.3) is 0 Å². The maximum atomic E-state index is 12.7. The molecule has 0 atom stereocenters. The number of rotatable bonds is 4. The van der Waals surface area contributed by atoms with Crippen molar-refractivity contribution in [1.82, 2.24) is 0 Å². The molecule has 0 saturated heterocycles. The summed E-state index contributed by atoms with van der Waals surface area (Å²) in [5, 5.41) is 17.9. The van der Waals surface area contributed by atoms with Gasteiger partial charge in [-0.2, -0.15) is 0 Å². The molecule has 5 nitrogen and oxygen atoms in total. The first-order chi connectivity index (χ1) is 11.7. The second-order valence-electron chi connectivity index (χ2n) is 4.46. The molecular weight excluding hydrogens is 472 g/mol. The van der Waals surface area contributed by atoms with Gasteiger partial charge in [0.2, 0.25) is 0 Å². The number of alkyl halides is 3. The molecule has 0 unspecified atom stereocenters. The van der Waals surface area contributed by atoms with Crippen LogP contribution in [0.15, 0.2) is 48.5 Å². The van der Waals surface area contributed by atoms with E-state index in [1.54, 1.807) is 0 Å². The fourth-order valence-corrected chi connectivity index (χ4v) is 8.33. The van der Waals surface area contributed by atoms with E-state index >= 15 is 0 Å². The van der Waals surface area contributed by atoms with Crippen LogP contribution in [-0.4, -0.2) is 13.9 Å². The molecule has 2 aromatic rings. The third kappa shape index (κ3) is 4.48. The van der Waals surface area contributed by atoms with Crippen molar-refractivity contribution in [3.05, 3.63) is 66.8 Å². The zero-order valence-corrected chi connectivity index (χ0v) is 15.1. The van der Waals surface area contributed by atoms with Crippen molar-refractivity contribution in [2.24, 2.45) is 0 Å². The average Bonchev–Trinajstić information content (AvgIpc) is 2.58. The van der Waals surface area contributed by atoms with E-state index in [1.165, 1.54) is 48.5 Å². The van der Waals surface area contributed by atoms with Gasteiger partial charge in [-0.25, -0.2) is 0 Å². The Morgan fingerprint density at radius 2 is 1.36 bits per heavy atom. The van der Waals surface area contributed by atoms with Crippen molar-refractivity contribution in [3.8, 4) is 12.1 Å². The van der Waals surface area contributed by atoms with E-state index in [9.17, 15) is 21.6 Å². The molecule has 0 heterocycles. The standard InChI is InChI=1S/C15H8F3IN2O3S/c16-15(17,18)25(22,23)24-19(13-5-1-3-11(7-13)9-20)14-6-2-4-12(8-14)10-21/h1-8H. The number of halogens is 4.